The molecule has 0 spiro atoms. The summed E-state index contributed by atoms with van der Waals surface area (Å²) < 4.78 is 56.6. The predicted octanol–water partition coefficient (Wildman–Crippen LogP) is 5.00. The number of methoxy groups -OCH3 is 1. The predicted molar refractivity (Wildman–Crippen MR) is 132 cm³/mol. The molecule has 6 nitrogen and oxygen atoms in total. The van der Waals surface area contributed by atoms with Crippen molar-refractivity contribution >= 4 is 29.9 Å². The van der Waals surface area contributed by atoms with Crippen molar-refractivity contribution < 1.29 is 27.4 Å². The van der Waals surface area contributed by atoms with E-state index < -0.39 is 17.3 Å². The third-order valence-corrected chi connectivity index (χ3v) is 4.00. The Morgan fingerprint density at radius 3 is 2.34 bits per heavy atom. The van der Waals surface area contributed by atoms with Crippen LogP contribution >= 0.6 is 24.0 Å². The zero-order valence-electron chi connectivity index (χ0n) is 19.6. The molecule has 1 aromatic carbocycles. The summed E-state index contributed by atoms with van der Waals surface area (Å²) in [5, 5.41) is 6.20. The second-order valence-electron chi connectivity index (χ2n) is 7.97. The monoisotopic (exact) mass is 575 g/mol. The van der Waals surface area contributed by atoms with Crippen LogP contribution in [0.4, 0.5) is 13.2 Å². The molecule has 32 heavy (non-hydrogen) atoms. The van der Waals surface area contributed by atoms with Gasteiger partial charge in [0.05, 0.1) is 25.3 Å². The largest absolute Gasteiger partial charge is 0.488 e. The number of nitrogens with one attached hydrogen (secondary N) is 2. The van der Waals surface area contributed by atoms with Crippen molar-refractivity contribution in [3.05, 3.63) is 29.3 Å². The standard InChI is InChI=1S/C22H36F3N3O3.HI/c1-6-26-20(27-11-7-8-12-30-14-13-29-5)28-16-17-9-10-18(31-21(2,3)4)15-19(17)22(23,24)25;/h9-10,15H,6-8,11-14,16H2,1-5H3,(H2,26,27,28);1H. The lowest BCUT2D eigenvalue weighted by Gasteiger charge is -2.22. The minimum atomic E-state index is -4.49. The molecule has 0 amide bonds. The van der Waals surface area contributed by atoms with Crippen LogP contribution in [0.15, 0.2) is 23.2 Å². The number of ether oxygens (including phenoxy) is 3. The lowest BCUT2D eigenvalue weighted by Crippen LogP contribution is -2.37. The van der Waals surface area contributed by atoms with Gasteiger partial charge < -0.3 is 24.8 Å². The molecule has 0 aromatic heterocycles. The van der Waals surface area contributed by atoms with Crippen molar-refractivity contribution in [3.63, 3.8) is 0 Å². The van der Waals surface area contributed by atoms with Gasteiger partial charge in [-0.25, -0.2) is 4.99 Å². The Balaban J connectivity index is 0.00000961. The summed E-state index contributed by atoms with van der Waals surface area (Å²) in [5.74, 6) is 0.663. The first-order valence-corrected chi connectivity index (χ1v) is 10.5. The number of benzene rings is 1. The molecule has 0 atom stereocenters. The van der Waals surface area contributed by atoms with Crippen molar-refractivity contribution in [2.45, 2.75) is 58.9 Å². The third-order valence-electron chi connectivity index (χ3n) is 4.00. The van der Waals surface area contributed by atoms with Crippen LogP contribution in [0.1, 0.15) is 51.7 Å². The van der Waals surface area contributed by atoms with Gasteiger partial charge in [-0.2, -0.15) is 13.2 Å². The van der Waals surface area contributed by atoms with Crippen LogP contribution in [-0.4, -0.2) is 51.6 Å². The van der Waals surface area contributed by atoms with Crippen LogP contribution in [0.2, 0.25) is 0 Å². The topological polar surface area (TPSA) is 64.1 Å². The maximum Gasteiger partial charge on any atom is 0.416 e. The fraction of sp³-hybridized carbons (Fsp3) is 0.682. The number of nitrogens with zero attached hydrogens (tertiary/aromatic N) is 1. The molecule has 0 saturated heterocycles. The van der Waals surface area contributed by atoms with Crippen LogP contribution in [0.25, 0.3) is 0 Å². The first-order valence-electron chi connectivity index (χ1n) is 10.5. The number of unbranched alkanes of at least 4 members (excludes halogenated alkanes) is 1. The first kappa shape index (κ1) is 30.7. The maximum absolute atomic E-state index is 13.6. The van der Waals surface area contributed by atoms with Gasteiger partial charge in [0.25, 0.3) is 0 Å². The normalized spacial score (nSPS) is 12.3. The molecule has 0 saturated carbocycles. The van der Waals surface area contributed by atoms with Crippen molar-refractivity contribution in [2.24, 2.45) is 4.99 Å². The zero-order chi connectivity index (χ0) is 23.3. The van der Waals surface area contributed by atoms with E-state index in [0.29, 0.717) is 38.9 Å². The van der Waals surface area contributed by atoms with Gasteiger partial charge >= 0.3 is 6.18 Å². The second-order valence-corrected chi connectivity index (χ2v) is 7.97. The van der Waals surface area contributed by atoms with Gasteiger partial charge in [-0.05, 0) is 58.2 Å². The molecule has 10 heteroatoms. The van der Waals surface area contributed by atoms with E-state index in [9.17, 15) is 13.2 Å². The van der Waals surface area contributed by atoms with E-state index in [2.05, 4.69) is 15.6 Å². The van der Waals surface area contributed by atoms with Crippen molar-refractivity contribution in [1.29, 1.82) is 0 Å². The second kappa shape index (κ2) is 15.5. The van der Waals surface area contributed by atoms with E-state index >= 15 is 0 Å². The molecule has 1 aromatic rings. The highest BCUT2D eigenvalue weighted by Gasteiger charge is 2.34. The Bertz CT molecular complexity index is 681. The summed E-state index contributed by atoms with van der Waals surface area (Å²) in [6, 6.07) is 4.02. The van der Waals surface area contributed by atoms with Crippen LogP contribution in [-0.2, 0) is 22.2 Å². The minimum absolute atomic E-state index is 0. The van der Waals surface area contributed by atoms with Gasteiger partial charge in [-0.1, -0.05) is 6.07 Å². The smallest absolute Gasteiger partial charge is 0.416 e. The molecular weight excluding hydrogens is 538 g/mol. The first-order chi connectivity index (χ1) is 14.6. The molecule has 0 heterocycles. The molecule has 0 aliphatic carbocycles. The summed E-state index contributed by atoms with van der Waals surface area (Å²) in [6.07, 6.45) is -2.77. The molecular formula is C22H37F3IN3O3. The van der Waals surface area contributed by atoms with Gasteiger partial charge in [0.15, 0.2) is 5.96 Å². The Morgan fingerprint density at radius 1 is 1.03 bits per heavy atom. The summed E-state index contributed by atoms with van der Waals surface area (Å²) in [6.45, 7) is 10.2. The fourth-order valence-electron chi connectivity index (χ4n) is 2.66. The number of hydrogen-bond acceptors (Lipinski definition) is 4. The molecule has 0 radical (unpaired) electrons. The minimum Gasteiger partial charge on any atom is -0.488 e. The number of guanidine groups is 1. The number of alkyl halides is 3. The summed E-state index contributed by atoms with van der Waals surface area (Å²) >= 11 is 0. The molecule has 0 bridgehead atoms. The van der Waals surface area contributed by atoms with Gasteiger partial charge in [-0.15, -0.1) is 24.0 Å². The van der Waals surface area contributed by atoms with Crippen LogP contribution in [0, 0.1) is 0 Å². The lowest BCUT2D eigenvalue weighted by molar-refractivity contribution is -0.138. The third kappa shape index (κ3) is 13.3. The van der Waals surface area contributed by atoms with Gasteiger partial charge in [0.2, 0.25) is 0 Å². The number of halogens is 4. The maximum atomic E-state index is 13.6. The molecule has 2 N–H and O–H groups in total. The Morgan fingerprint density at radius 2 is 1.75 bits per heavy atom. The van der Waals surface area contributed by atoms with E-state index in [-0.39, 0.29) is 41.8 Å². The lowest BCUT2D eigenvalue weighted by atomic mass is 10.1. The van der Waals surface area contributed by atoms with Crippen molar-refractivity contribution in [3.8, 4) is 5.75 Å². The summed E-state index contributed by atoms with van der Waals surface area (Å²) in [7, 11) is 1.63. The van der Waals surface area contributed by atoms with Crippen LogP contribution < -0.4 is 15.4 Å². The molecule has 0 fully saturated rings. The molecule has 1 rings (SSSR count). The SMILES string of the molecule is CCNC(=NCc1ccc(OC(C)(C)C)cc1C(F)(F)F)NCCCCOCCOC.I. The van der Waals surface area contributed by atoms with E-state index in [0.717, 1.165) is 18.9 Å². The van der Waals surface area contributed by atoms with E-state index in [1.807, 2.05) is 6.92 Å². The van der Waals surface area contributed by atoms with Gasteiger partial charge in [0, 0.05) is 26.8 Å². The average Bonchev–Trinajstić information content (AvgIpc) is 2.66. The molecule has 0 unspecified atom stereocenters. The number of hydrogen-bond donors (Lipinski definition) is 2. The highest BCUT2D eigenvalue weighted by Crippen LogP contribution is 2.35. The summed E-state index contributed by atoms with van der Waals surface area (Å²) in [5.41, 5.74) is -1.22. The Labute approximate surface area is 206 Å². The van der Waals surface area contributed by atoms with Crippen molar-refractivity contribution in [2.75, 3.05) is 40.0 Å². The number of aliphatic imine (C=N–C) groups is 1. The van der Waals surface area contributed by atoms with Crippen LogP contribution in [0.3, 0.4) is 0 Å². The molecule has 186 valence electrons. The van der Waals surface area contributed by atoms with E-state index in [1.165, 1.54) is 6.07 Å². The highest BCUT2D eigenvalue weighted by molar-refractivity contribution is 14.0. The Hall–Kier alpha value is -1.27. The fourth-order valence-corrected chi connectivity index (χ4v) is 2.66. The van der Waals surface area contributed by atoms with Gasteiger partial charge in [-0.3, -0.25) is 0 Å². The van der Waals surface area contributed by atoms with Crippen LogP contribution in [0.5, 0.6) is 5.75 Å². The Kier molecular flexibility index (Phi) is 14.9. The summed E-state index contributed by atoms with van der Waals surface area (Å²) in [4.78, 5) is 4.33. The zero-order valence-corrected chi connectivity index (χ0v) is 21.9. The highest BCUT2D eigenvalue weighted by atomic mass is 127. The van der Waals surface area contributed by atoms with E-state index in [4.69, 9.17) is 14.2 Å². The molecule has 0 aliphatic heterocycles. The molecule has 0 aliphatic rings. The van der Waals surface area contributed by atoms with Gasteiger partial charge in [0.1, 0.15) is 11.4 Å². The quantitative estimate of drug-likeness (QED) is 0.159. The number of rotatable bonds is 12. The van der Waals surface area contributed by atoms with Crippen molar-refractivity contribution in [1.82, 2.24) is 10.6 Å². The van der Waals surface area contributed by atoms with E-state index in [1.54, 1.807) is 33.9 Å². The average molecular weight is 575 g/mol.